The molecule has 0 aromatic heterocycles. The lowest BCUT2D eigenvalue weighted by Gasteiger charge is -2.44. The monoisotopic (exact) mass is 1090 g/mol. The van der Waals surface area contributed by atoms with Gasteiger partial charge in [-0.3, -0.25) is 0 Å². The molecule has 0 unspecified atom stereocenters. The average Bonchev–Trinajstić information content (AvgIpc) is 0.780. The Labute approximate surface area is 494 Å². The highest BCUT2D eigenvalue weighted by atomic mass is 32.2. The summed E-state index contributed by atoms with van der Waals surface area (Å²) in [4.78, 5) is 12.1. The molecule has 4 aliphatic heterocycles. The molecule has 0 amide bonds. The van der Waals surface area contributed by atoms with Crippen LogP contribution in [0.15, 0.2) is 313 Å². The van der Waals surface area contributed by atoms with Crippen molar-refractivity contribution < 1.29 is 4.74 Å². The summed E-state index contributed by atoms with van der Waals surface area (Å²) in [5, 5.41) is 2.37. The Kier molecular flexibility index (Phi) is 11.3. The van der Waals surface area contributed by atoms with Gasteiger partial charge in [0.05, 0.1) is 5.69 Å². The summed E-state index contributed by atoms with van der Waals surface area (Å²) in [5.74, 6) is 1.72. The number of fused-ring (bicyclic) bond motifs is 9. The lowest BCUT2D eigenvalue weighted by Crippen LogP contribution is -2.63. The molecule has 84 heavy (non-hydrogen) atoms. The summed E-state index contributed by atoms with van der Waals surface area (Å²) >= 11 is 1.89. The minimum absolute atomic E-state index is 0.129. The molecule has 8 heteroatoms. The van der Waals surface area contributed by atoms with Gasteiger partial charge in [-0.1, -0.05) is 205 Å². The molecular weight excluding hydrogens is 1040 g/mol. The molecule has 13 aromatic carbocycles. The van der Waals surface area contributed by atoms with Crippen LogP contribution in [0.1, 0.15) is 0 Å². The van der Waals surface area contributed by atoms with Gasteiger partial charge in [0.15, 0.2) is 0 Å². The Hall–Kier alpha value is -10.4. The molecule has 392 valence electrons. The summed E-state index contributed by atoms with van der Waals surface area (Å²) in [5.41, 5.74) is 22.7. The zero-order chi connectivity index (χ0) is 55.2. The van der Waals surface area contributed by atoms with Gasteiger partial charge in [0.25, 0.3) is 6.71 Å². The minimum Gasteiger partial charge on any atom is -0.458 e. The van der Waals surface area contributed by atoms with Crippen LogP contribution < -0.4 is 57.1 Å². The lowest BCUT2D eigenvalue weighted by atomic mass is 9.31. The van der Waals surface area contributed by atoms with E-state index in [1.165, 1.54) is 42.4 Å². The summed E-state index contributed by atoms with van der Waals surface area (Å²) in [6.45, 7) is -0.315. The number of rotatable bonds is 9. The molecule has 0 fully saturated rings. The number of ether oxygens (including phenoxy) is 1. The third-order valence-corrected chi connectivity index (χ3v) is 18.4. The Morgan fingerprint density at radius 1 is 0.321 bits per heavy atom. The molecule has 17 rings (SSSR count). The minimum atomic E-state index is -0.187. The smallest absolute Gasteiger partial charge is 0.256 e. The highest BCUT2D eigenvalue weighted by Crippen LogP contribution is 2.52. The van der Waals surface area contributed by atoms with E-state index in [2.05, 4.69) is 323 Å². The van der Waals surface area contributed by atoms with Crippen LogP contribution in [0.2, 0.25) is 0 Å². The maximum atomic E-state index is 7.98. The molecule has 4 heterocycles. The molecule has 0 N–H and O–H groups in total. The van der Waals surface area contributed by atoms with Gasteiger partial charge in [-0.15, -0.1) is 0 Å². The SMILES string of the molecule is c1ccc(N(c2ccccc2)c2cc3c4c(c2)N(c2ccccc2)c2ccccc2B4c2cc4c(c(-c5ccc6ccccc6c5)c2O3)Sc2cc(N(c3ccccc3)c3ccccc3)cc3c2B4c2ccccc2N3c2ccccc2)cc1. The second-order valence-electron chi connectivity index (χ2n) is 21.9. The van der Waals surface area contributed by atoms with Gasteiger partial charge in [-0.2, -0.15) is 0 Å². The Bertz CT molecular complexity index is 4370. The Balaban J connectivity index is 0.973. The van der Waals surface area contributed by atoms with E-state index in [9.17, 15) is 0 Å². The number of nitrogens with zero attached hydrogens (tertiary/aromatic N) is 4. The number of hydrogen-bond donors (Lipinski definition) is 0. The van der Waals surface area contributed by atoms with Crippen LogP contribution in [-0.4, -0.2) is 13.4 Å². The number of para-hydroxylation sites is 8. The fourth-order valence-electron chi connectivity index (χ4n) is 13.7. The fourth-order valence-corrected chi connectivity index (χ4v) is 15.1. The zero-order valence-corrected chi connectivity index (χ0v) is 46.4. The van der Waals surface area contributed by atoms with Crippen molar-refractivity contribution in [1.82, 2.24) is 0 Å². The van der Waals surface area contributed by atoms with E-state index in [1.54, 1.807) is 0 Å². The first kappa shape index (κ1) is 48.3. The number of anilines is 12. The Morgan fingerprint density at radius 2 is 0.762 bits per heavy atom. The molecule has 0 aliphatic carbocycles. The molecule has 0 atom stereocenters. The van der Waals surface area contributed by atoms with E-state index in [-0.39, 0.29) is 13.4 Å². The first-order valence-corrected chi connectivity index (χ1v) is 29.6. The van der Waals surface area contributed by atoms with E-state index < -0.39 is 0 Å². The van der Waals surface area contributed by atoms with E-state index in [0.717, 1.165) is 102 Å². The maximum Gasteiger partial charge on any atom is 0.256 e. The summed E-state index contributed by atoms with van der Waals surface area (Å²) < 4.78 is 7.98. The van der Waals surface area contributed by atoms with E-state index in [1.807, 2.05) is 11.8 Å². The molecule has 5 nitrogen and oxygen atoms in total. The third kappa shape index (κ3) is 7.68. The molecule has 0 spiro atoms. The van der Waals surface area contributed by atoms with Crippen molar-refractivity contribution >= 4 is 137 Å². The zero-order valence-electron chi connectivity index (χ0n) is 45.6. The summed E-state index contributed by atoms with van der Waals surface area (Å²) in [6, 6.07) is 111. The normalized spacial score (nSPS) is 13.0. The molecule has 13 aromatic rings. The van der Waals surface area contributed by atoms with Crippen LogP contribution in [0, 0.1) is 0 Å². The second-order valence-corrected chi connectivity index (χ2v) is 23.0. The van der Waals surface area contributed by atoms with Crippen molar-refractivity contribution in [2.75, 3.05) is 19.6 Å². The first-order chi connectivity index (χ1) is 41.7. The van der Waals surface area contributed by atoms with Crippen molar-refractivity contribution in [3.05, 3.63) is 303 Å². The molecular formula is C76H50B2N4OS. The van der Waals surface area contributed by atoms with Crippen molar-refractivity contribution in [1.29, 1.82) is 0 Å². The topological polar surface area (TPSA) is 22.2 Å². The van der Waals surface area contributed by atoms with Gasteiger partial charge in [-0.05, 0) is 153 Å². The van der Waals surface area contributed by atoms with Gasteiger partial charge in [-0.25, -0.2) is 0 Å². The van der Waals surface area contributed by atoms with Crippen LogP contribution in [0.5, 0.6) is 11.5 Å². The van der Waals surface area contributed by atoms with E-state index >= 15 is 0 Å². The van der Waals surface area contributed by atoms with Crippen molar-refractivity contribution in [2.45, 2.75) is 9.79 Å². The van der Waals surface area contributed by atoms with Crippen LogP contribution in [0.3, 0.4) is 0 Å². The van der Waals surface area contributed by atoms with Gasteiger partial charge in [0, 0.05) is 84.0 Å². The molecule has 0 radical (unpaired) electrons. The lowest BCUT2D eigenvalue weighted by molar-refractivity contribution is 0.488. The van der Waals surface area contributed by atoms with Crippen LogP contribution in [0.4, 0.5) is 68.2 Å². The van der Waals surface area contributed by atoms with Crippen LogP contribution in [-0.2, 0) is 0 Å². The molecule has 0 saturated heterocycles. The van der Waals surface area contributed by atoms with E-state index in [4.69, 9.17) is 4.74 Å². The Morgan fingerprint density at radius 3 is 1.30 bits per heavy atom. The quantitative estimate of drug-likeness (QED) is 0.133. The van der Waals surface area contributed by atoms with Crippen LogP contribution >= 0.6 is 11.8 Å². The maximum absolute atomic E-state index is 7.98. The first-order valence-electron chi connectivity index (χ1n) is 28.8. The highest BCUT2D eigenvalue weighted by Gasteiger charge is 2.48. The second kappa shape index (κ2) is 19.7. The van der Waals surface area contributed by atoms with Gasteiger partial charge >= 0.3 is 0 Å². The van der Waals surface area contributed by atoms with Gasteiger partial charge in [0.2, 0.25) is 6.71 Å². The molecule has 0 saturated carbocycles. The number of benzene rings is 13. The van der Waals surface area contributed by atoms with Crippen molar-refractivity contribution in [2.24, 2.45) is 0 Å². The fraction of sp³-hybridized carbons (Fsp3) is 0. The summed E-state index contributed by atoms with van der Waals surface area (Å²) in [7, 11) is 0. The number of hydrogen-bond acceptors (Lipinski definition) is 6. The average molecular weight is 1090 g/mol. The van der Waals surface area contributed by atoms with Crippen molar-refractivity contribution in [3.8, 4) is 22.6 Å². The van der Waals surface area contributed by atoms with Crippen LogP contribution in [0.25, 0.3) is 21.9 Å². The van der Waals surface area contributed by atoms with E-state index in [0.29, 0.717) is 0 Å². The predicted molar refractivity (Wildman–Crippen MR) is 355 cm³/mol. The highest BCUT2D eigenvalue weighted by molar-refractivity contribution is 8.00. The van der Waals surface area contributed by atoms with Gasteiger partial charge < -0.3 is 24.3 Å². The standard InChI is InChI=1S/C76H50B2N4OS/c1-7-27-54(28-8-1)79(55-29-9-2-10-30-55)60-46-68-73-70(48-60)83-75-64(77(73)62-39-21-23-41-66(62)81(68)58-35-15-5-16-36-58)50-65-76(72(75)53-44-43-51-25-19-20-26-52(51)45-53)84-71-49-61(80(56-31-11-3-12-32-56)57-33-13-4-14-34-57)47-69-74(71)78(65)63-40-22-24-42-67(63)82(69)59-37-17-6-18-38-59/h1-50H. The molecule has 0 bridgehead atoms. The van der Waals surface area contributed by atoms with Crippen molar-refractivity contribution in [3.63, 3.8) is 0 Å². The third-order valence-electron chi connectivity index (χ3n) is 17.2. The predicted octanol–water partition coefficient (Wildman–Crippen LogP) is 16.6. The molecule has 4 aliphatic rings. The largest absolute Gasteiger partial charge is 0.458 e. The van der Waals surface area contributed by atoms with Gasteiger partial charge in [0.1, 0.15) is 11.5 Å². The summed E-state index contributed by atoms with van der Waals surface area (Å²) in [6.07, 6.45) is 0.